The molecule has 0 bridgehead atoms. The molecule has 1 aliphatic heterocycles. The molecule has 0 atom stereocenters. The van der Waals surface area contributed by atoms with Crippen molar-refractivity contribution in [1.82, 2.24) is 0 Å². The lowest BCUT2D eigenvalue weighted by atomic mass is 10.0. The molecule has 0 aliphatic carbocycles. The summed E-state index contributed by atoms with van der Waals surface area (Å²) in [5.41, 5.74) is 2.66. The maximum absolute atomic E-state index is 13.3. The van der Waals surface area contributed by atoms with Crippen molar-refractivity contribution in [3.05, 3.63) is 100 Å². The molecule has 0 saturated carbocycles. The Labute approximate surface area is 190 Å². The predicted molar refractivity (Wildman–Crippen MR) is 127 cm³/mol. The molecule has 2 amide bonds. The van der Waals surface area contributed by atoms with Crippen molar-refractivity contribution < 1.29 is 9.59 Å². The van der Waals surface area contributed by atoms with Gasteiger partial charge in [-0.05, 0) is 53.9 Å². The molecule has 156 valence electrons. The van der Waals surface area contributed by atoms with E-state index >= 15 is 0 Å². The van der Waals surface area contributed by atoms with Gasteiger partial charge in [-0.25, -0.2) is 4.90 Å². The number of benzene rings is 3. The first-order valence-electron chi connectivity index (χ1n) is 9.92. The topological polar surface area (TPSA) is 49.4 Å². The minimum atomic E-state index is -0.404. The van der Waals surface area contributed by atoms with Crippen molar-refractivity contribution in [2.45, 2.75) is 24.7 Å². The summed E-state index contributed by atoms with van der Waals surface area (Å²) >= 11 is 7.38. The molecule has 1 N–H and O–H groups in total. The van der Waals surface area contributed by atoms with E-state index in [9.17, 15) is 9.59 Å². The van der Waals surface area contributed by atoms with Crippen LogP contribution in [0.1, 0.15) is 25.3 Å². The second kappa shape index (κ2) is 9.00. The fourth-order valence-corrected chi connectivity index (χ4v) is 4.40. The standard InChI is InChI=1S/C25H21ClN2O2S/c1-16(2)17-11-13-19(14-12-17)27-22-23(31-21-9-4-3-5-10-21)25(30)28(24(22)29)20-8-6-7-18(26)15-20/h3-16,27H,1-2H3. The highest BCUT2D eigenvalue weighted by Crippen LogP contribution is 2.38. The van der Waals surface area contributed by atoms with Gasteiger partial charge in [-0.2, -0.15) is 0 Å². The number of rotatable bonds is 6. The van der Waals surface area contributed by atoms with E-state index in [-0.39, 0.29) is 11.6 Å². The Bertz CT molecular complexity index is 1160. The van der Waals surface area contributed by atoms with Gasteiger partial charge in [-0.3, -0.25) is 9.59 Å². The summed E-state index contributed by atoms with van der Waals surface area (Å²) in [6.45, 7) is 4.25. The molecule has 3 aromatic carbocycles. The Balaban J connectivity index is 1.72. The van der Waals surface area contributed by atoms with Crippen molar-refractivity contribution in [3.63, 3.8) is 0 Å². The number of nitrogens with one attached hydrogen (secondary N) is 1. The van der Waals surface area contributed by atoms with Crippen molar-refractivity contribution in [3.8, 4) is 0 Å². The van der Waals surface area contributed by atoms with Crippen LogP contribution in [0.15, 0.2) is 94.4 Å². The molecule has 0 fully saturated rings. The zero-order chi connectivity index (χ0) is 22.0. The number of thioether (sulfide) groups is 1. The molecule has 0 unspecified atom stereocenters. The highest BCUT2D eigenvalue weighted by Gasteiger charge is 2.40. The summed E-state index contributed by atoms with van der Waals surface area (Å²) in [6, 6.07) is 24.2. The van der Waals surface area contributed by atoms with Crippen LogP contribution in [0.4, 0.5) is 11.4 Å². The van der Waals surface area contributed by atoms with Crippen molar-refractivity contribution in [2.24, 2.45) is 0 Å². The van der Waals surface area contributed by atoms with E-state index in [1.165, 1.54) is 22.2 Å². The maximum atomic E-state index is 13.3. The number of hydrogen-bond donors (Lipinski definition) is 1. The average Bonchev–Trinajstić information content (AvgIpc) is 2.99. The monoisotopic (exact) mass is 448 g/mol. The molecular formula is C25H21ClN2O2S. The summed E-state index contributed by atoms with van der Waals surface area (Å²) in [6.07, 6.45) is 0. The molecule has 1 aliphatic rings. The van der Waals surface area contributed by atoms with Crippen LogP contribution >= 0.6 is 23.4 Å². The third-order valence-corrected chi connectivity index (χ3v) is 6.24. The third-order valence-electron chi connectivity index (χ3n) is 4.92. The lowest BCUT2D eigenvalue weighted by Gasteiger charge is -2.15. The van der Waals surface area contributed by atoms with Crippen LogP contribution in [0.3, 0.4) is 0 Å². The Morgan fingerprint density at radius 3 is 2.23 bits per heavy atom. The second-order valence-corrected chi connectivity index (χ2v) is 8.97. The van der Waals surface area contributed by atoms with Crippen LogP contribution in [0, 0.1) is 0 Å². The van der Waals surface area contributed by atoms with E-state index in [2.05, 4.69) is 19.2 Å². The zero-order valence-corrected chi connectivity index (χ0v) is 18.7. The molecule has 0 aromatic heterocycles. The molecule has 4 rings (SSSR count). The van der Waals surface area contributed by atoms with Gasteiger partial charge in [0.2, 0.25) is 0 Å². The second-order valence-electron chi connectivity index (χ2n) is 7.45. The van der Waals surface area contributed by atoms with Gasteiger partial charge in [0.1, 0.15) is 10.6 Å². The van der Waals surface area contributed by atoms with Crippen LogP contribution in [0.2, 0.25) is 5.02 Å². The quantitative estimate of drug-likeness (QED) is 0.440. The Hall–Kier alpha value is -3.02. The van der Waals surface area contributed by atoms with Gasteiger partial charge in [0.25, 0.3) is 11.8 Å². The first-order valence-corrected chi connectivity index (χ1v) is 11.1. The highest BCUT2D eigenvalue weighted by atomic mass is 35.5. The van der Waals surface area contributed by atoms with Crippen LogP contribution in [-0.4, -0.2) is 11.8 Å². The van der Waals surface area contributed by atoms with Crippen LogP contribution in [0.25, 0.3) is 0 Å². The summed E-state index contributed by atoms with van der Waals surface area (Å²) in [4.78, 5) is 29.1. The van der Waals surface area contributed by atoms with E-state index in [0.717, 1.165) is 10.6 Å². The Morgan fingerprint density at radius 2 is 1.58 bits per heavy atom. The van der Waals surface area contributed by atoms with Crippen LogP contribution in [0.5, 0.6) is 0 Å². The van der Waals surface area contributed by atoms with Gasteiger partial charge in [-0.15, -0.1) is 0 Å². The number of carbonyl (C=O) groups is 2. The number of hydrogen-bond acceptors (Lipinski definition) is 4. The van der Waals surface area contributed by atoms with Gasteiger partial charge in [0.05, 0.1) is 5.69 Å². The predicted octanol–water partition coefficient (Wildman–Crippen LogP) is 6.45. The van der Waals surface area contributed by atoms with Gasteiger partial charge in [-0.1, -0.05) is 73.6 Å². The van der Waals surface area contributed by atoms with Crippen LogP contribution in [-0.2, 0) is 9.59 Å². The lowest BCUT2D eigenvalue weighted by Crippen LogP contribution is -2.32. The first-order chi connectivity index (χ1) is 14.9. The van der Waals surface area contributed by atoms with Gasteiger partial charge >= 0.3 is 0 Å². The number of amides is 2. The molecule has 0 saturated heterocycles. The molecule has 1 heterocycles. The van der Waals surface area contributed by atoms with Crippen LogP contribution < -0.4 is 10.2 Å². The van der Waals surface area contributed by atoms with E-state index in [1.54, 1.807) is 24.3 Å². The SMILES string of the molecule is CC(C)c1ccc(NC2=C(Sc3ccccc3)C(=O)N(c3cccc(Cl)c3)C2=O)cc1. The molecule has 6 heteroatoms. The normalized spacial score (nSPS) is 14.0. The number of carbonyl (C=O) groups excluding carboxylic acids is 2. The van der Waals surface area contributed by atoms with Gasteiger partial charge < -0.3 is 5.32 Å². The largest absolute Gasteiger partial charge is 0.350 e. The smallest absolute Gasteiger partial charge is 0.283 e. The van der Waals surface area contributed by atoms with Crippen molar-refractivity contribution in [2.75, 3.05) is 10.2 Å². The Kier molecular flexibility index (Phi) is 6.16. The minimum Gasteiger partial charge on any atom is -0.350 e. The average molecular weight is 449 g/mol. The summed E-state index contributed by atoms with van der Waals surface area (Å²) in [5.74, 6) is -0.369. The zero-order valence-electron chi connectivity index (χ0n) is 17.1. The Morgan fingerprint density at radius 1 is 0.871 bits per heavy atom. The molecule has 0 spiro atoms. The van der Waals surface area contributed by atoms with Gasteiger partial charge in [0.15, 0.2) is 0 Å². The number of halogens is 1. The number of nitrogens with zero attached hydrogens (tertiary/aromatic N) is 1. The van der Waals surface area contributed by atoms with Crippen molar-refractivity contribution >= 4 is 46.6 Å². The fourth-order valence-electron chi connectivity index (χ4n) is 3.27. The van der Waals surface area contributed by atoms with E-state index < -0.39 is 5.91 Å². The molecule has 4 nitrogen and oxygen atoms in total. The summed E-state index contributed by atoms with van der Waals surface area (Å²) in [7, 11) is 0. The molecular weight excluding hydrogens is 428 g/mol. The van der Waals surface area contributed by atoms with E-state index in [4.69, 9.17) is 11.6 Å². The van der Waals surface area contributed by atoms with Gasteiger partial charge in [0, 0.05) is 15.6 Å². The lowest BCUT2D eigenvalue weighted by molar-refractivity contribution is -0.120. The summed E-state index contributed by atoms with van der Waals surface area (Å²) < 4.78 is 0. The number of imide groups is 1. The fraction of sp³-hybridized carbons (Fsp3) is 0.120. The van der Waals surface area contributed by atoms with Crippen molar-refractivity contribution in [1.29, 1.82) is 0 Å². The summed E-state index contributed by atoms with van der Waals surface area (Å²) in [5, 5.41) is 3.64. The van der Waals surface area contributed by atoms with E-state index in [0.29, 0.717) is 21.5 Å². The third kappa shape index (κ3) is 4.53. The molecule has 3 aromatic rings. The number of anilines is 2. The highest BCUT2D eigenvalue weighted by molar-refractivity contribution is 8.04. The molecule has 31 heavy (non-hydrogen) atoms. The minimum absolute atomic E-state index is 0.260. The first kappa shape index (κ1) is 21.2. The van der Waals surface area contributed by atoms with E-state index in [1.807, 2.05) is 54.6 Å². The molecule has 0 radical (unpaired) electrons. The maximum Gasteiger partial charge on any atom is 0.283 e.